The molecule has 3 heterocycles. The fraction of sp³-hybridized carbons (Fsp3) is 0.867. The van der Waals surface area contributed by atoms with Gasteiger partial charge in [0.15, 0.2) is 5.82 Å². The number of nitrogens with zero attached hydrogens (tertiary/aromatic N) is 6. The fourth-order valence-electron chi connectivity index (χ4n) is 3.41. The highest BCUT2D eigenvalue weighted by Crippen LogP contribution is 2.11. The molecule has 0 aliphatic carbocycles. The van der Waals surface area contributed by atoms with Gasteiger partial charge in [-0.15, -0.1) is 5.10 Å². The number of likely N-dealkylation sites (tertiary alicyclic amines) is 1. The van der Waals surface area contributed by atoms with Gasteiger partial charge < -0.3 is 9.64 Å². The van der Waals surface area contributed by atoms with Gasteiger partial charge in [-0.2, -0.15) is 0 Å². The number of hydrazine groups is 1. The van der Waals surface area contributed by atoms with Gasteiger partial charge in [-0.05, 0) is 42.8 Å². The number of methoxy groups -OCH3 is 1. The van der Waals surface area contributed by atoms with Gasteiger partial charge in [-0.1, -0.05) is 0 Å². The van der Waals surface area contributed by atoms with Crippen molar-refractivity contribution in [2.24, 2.45) is 0 Å². The molecule has 1 aromatic rings. The smallest absolute Gasteiger partial charge is 0.244 e. The summed E-state index contributed by atoms with van der Waals surface area (Å²) in [4.78, 5) is 16.6. The summed E-state index contributed by atoms with van der Waals surface area (Å²) in [5, 5.41) is 11.8. The standard InChI is InChI=1S/C15H28N8O2/c1-21(8-12-7-13(11-25-2)17-16-12)15(24)10-23-14(18-19-20-23)9-22-5-3-4-6-22/h12-13,16-17H,3-11H2,1-2H3. The molecule has 10 nitrogen and oxygen atoms in total. The van der Waals surface area contributed by atoms with E-state index in [0.29, 0.717) is 19.7 Å². The first-order valence-electron chi connectivity index (χ1n) is 8.87. The van der Waals surface area contributed by atoms with Crippen molar-refractivity contribution in [3.63, 3.8) is 0 Å². The summed E-state index contributed by atoms with van der Waals surface area (Å²) >= 11 is 0. The van der Waals surface area contributed by atoms with E-state index in [2.05, 4.69) is 31.3 Å². The first-order valence-corrected chi connectivity index (χ1v) is 8.87. The first kappa shape index (κ1) is 18.2. The maximum Gasteiger partial charge on any atom is 0.244 e. The first-order chi connectivity index (χ1) is 12.2. The molecule has 25 heavy (non-hydrogen) atoms. The zero-order valence-electron chi connectivity index (χ0n) is 15.0. The summed E-state index contributed by atoms with van der Waals surface area (Å²) in [6, 6.07) is 0.497. The van der Waals surface area contributed by atoms with Crippen molar-refractivity contribution < 1.29 is 9.53 Å². The molecule has 2 fully saturated rings. The molecular formula is C15H28N8O2. The third-order valence-corrected chi connectivity index (χ3v) is 4.80. The summed E-state index contributed by atoms with van der Waals surface area (Å²) in [5.74, 6) is 0.761. The number of rotatable bonds is 8. The van der Waals surface area contributed by atoms with Gasteiger partial charge in [0, 0.05) is 32.8 Å². The molecular weight excluding hydrogens is 324 g/mol. The Hall–Kier alpha value is -1.62. The Kier molecular flexibility index (Phi) is 6.29. The molecule has 0 saturated carbocycles. The van der Waals surface area contributed by atoms with Crippen molar-refractivity contribution >= 4 is 5.91 Å². The third kappa shape index (κ3) is 4.94. The summed E-state index contributed by atoms with van der Waals surface area (Å²) in [5.41, 5.74) is 6.41. The van der Waals surface area contributed by atoms with Crippen LogP contribution in [0.5, 0.6) is 0 Å². The van der Waals surface area contributed by atoms with Crippen molar-refractivity contribution in [3.05, 3.63) is 5.82 Å². The molecule has 2 unspecified atom stereocenters. The van der Waals surface area contributed by atoms with Gasteiger partial charge in [0.2, 0.25) is 5.91 Å². The third-order valence-electron chi connectivity index (χ3n) is 4.80. The van der Waals surface area contributed by atoms with Crippen LogP contribution in [0.3, 0.4) is 0 Å². The Labute approximate surface area is 147 Å². The van der Waals surface area contributed by atoms with Gasteiger partial charge in [-0.25, -0.2) is 4.68 Å². The van der Waals surface area contributed by atoms with Crippen LogP contribution in [0.15, 0.2) is 0 Å². The van der Waals surface area contributed by atoms with E-state index >= 15 is 0 Å². The molecule has 140 valence electrons. The molecule has 0 bridgehead atoms. The van der Waals surface area contributed by atoms with Crippen LogP contribution >= 0.6 is 0 Å². The molecule has 1 aromatic heterocycles. The van der Waals surface area contributed by atoms with Crippen LogP contribution in [0.2, 0.25) is 0 Å². The molecule has 2 aliphatic rings. The Morgan fingerprint density at radius 1 is 1.32 bits per heavy atom. The van der Waals surface area contributed by atoms with Crippen LogP contribution < -0.4 is 10.9 Å². The lowest BCUT2D eigenvalue weighted by Gasteiger charge is -2.21. The largest absolute Gasteiger partial charge is 0.383 e. The molecule has 1 amide bonds. The number of likely N-dealkylation sites (N-methyl/N-ethyl adjacent to an activating group) is 1. The van der Waals surface area contributed by atoms with Crippen LogP contribution in [0.25, 0.3) is 0 Å². The molecule has 3 rings (SSSR count). The second kappa shape index (κ2) is 8.65. The predicted molar refractivity (Wildman–Crippen MR) is 90.3 cm³/mol. The minimum Gasteiger partial charge on any atom is -0.383 e. The van der Waals surface area contributed by atoms with E-state index < -0.39 is 0 Å². The van der Waals surface area contributed by atoms with E-state index in [-0.39, 0.29) is 24.5 Å². The van der Waals surface area contributed by atoms with Crippen LogP contribution in [0, 0.1) is 0 Å². The zero-order valence-corrected chi connectivity index (χ0v) is 15.0. The lowest BCUT2D eigenvalue weighted by atomic mass is 10.1. The van der Waals surface area contributed by atoms with E-state index in [9.17, 15) is 4.79 Å². The van der Waals surface area contributed by atoms with Crippen molar-refractivity contribution in [1.82, 2.24) is 40.9 Å². The van der Waals surface area contributed by atoms with E-state index in [4.69, 9.17) is 4.74 Å². The maximum absolute atomic E-state index is 12.5. The normalized spacial score (nSPS) is 24.1. The number of tetrazole rings is 1. The van der Waals surface area contributed by atoms with Crippen molar-refractivity contribution in [3.8, 4) is 0 Å². The fourth-order valence-corrected chi connectivity index (χ4v) is 3.41. The Bertz CT molecular complexity index is 559. The highest BCUT2D eigenvalue weighted by atomic mass is 16.5. The Morgan fingerprint density at radius 2 is 2.08 bits per heavy atom. The number of aromatic nitrogens is 4. The molecule has 2 N–H and O–H groups in total. The van der Waals surface area contributed by atoms with E-state index in [0.717, 1.165) is 25.3 Å². The Morgan fingerprint density at radius 3 is 2.84 bits per heavy atom. The summed E-state index contributed by atoms with van der Waals surface area (Å²) < 4.78 is 6.77. The predicted octanol–water partition coefficient (Wildman–Crippen LogP) is -1.39. The van der Waals surface area contributed by atoms with Crippen molar-refractivity contribution in [2.45, 2.75) is 44.4 Å². The number of amides is 1. The number of hydrogen-bond acceptors (Lipinski definition) is 8. The lowest BCUT2D eigenvalue weighted by molar-refractivity contribution is -0.131. The molecule has 2 aliphatic heterocycles. The average Bonchev–Trinajstić information content (AvgIpc) is 3.32. The maximum atomic E-state index is 12.5. The van der Waals surface area contributed by atoms with Gasteiger partial charge in [0.1, 0.15) is 6.54 Å². The zero-order chi connectivity index (χ0) is 17.6. The average molecular weight is 352 g/mol. The van der Waals surface area contributed by atoms with Crippen LogP contribution in [-0.2, 0) is 22.6 Å². The van der Waals surface area contributed by atoms with E-state index in [1.54, 1.807) is 16.7 Å². The summed E-state index contributed by atoms with van der Waals surface area (Å²) in [6.45, 7) is 4.32. The minimum atomic E-state index is 0.00645. The number of ether oxygens (including phenoxy) is 1. The SMILES string of the molecule is COCC1CC(CN(C)C(=O)Cn2nnnc2CN2CCCC2)NN1. The molecule has 2 atom stereocenters. The molecule has 0 radical (unpaired) electrons. The number of carbonyl (C=O) groups excluding carboxylic acids is 1. The quantitative estimate of drug-likeness (QED) is 0.590. The van der Waals surface area contributed by atoms with Crippen molar-refractivity contribution in [1.29, 1.82) is 0 Å². The lowest BCUT2D eigenvalue weighted by Crippen LogP contribution is -2.42. The van der Waals surface area contributed by atoms with Crippen LogP contribution in [0.1, 0.15) is 25.1 Å². The highest BCUT2D eigenvalue weighted by Gasteiger charge is 2.26. The molecule has 0 aromatic carbocycles. The van der Waals surface area contributed by atoms with Crippen LogP contribution in [-0.4, -0.2) is 88.4 Å². The summed E-state index contributed by atoms with van der Waals surface area (Å²) in [6.07, 6.45) is 3.36. The second-order valence-corrected chi connectivity index (χ2v) is 6.88. The number of carbonyl (C=O) groups is 1. The number of hydrogen-bond donors (Lipinski definition) is 2. The highest BCUT2D eigenvalue weighted by molar-refractivity contribution is 5.75. The Balaban J connectivity index is 1.48. The van der Waals surface area contributed by atoms with E-state index in [1.165, 1.54) is 12.8 Å². The van der Waals surface area contributed by atoms with Gasteiger partial charge in [0.05, 0.1) is 13.2 Å². The topological polar surface area (TPSA) is 100 Å². The minimum absolute atomic E-state index is 0.00645. The second-order valence-electron chi connectivity index (χ2n) is 6.88. The molecule has 10 heteroatoms. The van der Waals surface area contributed by atoms with Gasteiger partial charge in [-0.3, -0.25) is 20.5 Å². The van der Waals surface area contributed by atoms with Crippen molar-refractivity contribution in [2.75, 3.05) is 40.4 Å². The monoisotopic (exact) mass is 352 g/mol. The molecule has 0 spiro atoms. The van der Waals surface area contributed by atoms with Crippen LogP contribution in [0.4, 0.5) is 0 Å². The van der Waals surface area contributed by atoms with Gasteiger partial charge >= 0.3 is 0 Å². The number of nitrogens with one attached hydrogen (secondary N) is 2. The summed E-state index contributed by atoms with van der Waals surface area (Å²) in [7, 11) is 3.51. The van der Waals surface area contributed by atoms with E-state index in [1.807, 2.05) is 7.05 Å². The molecule has 2 saturated heterocycles. The van der Waals surface area contributed by atoms with Gasteiger partial charge in [0.25, 0.3) is 0 Å².